The maximum atomic E-state index is 13.0. The molecule has 4 atom stereocenters. The summed E-state index contributed by atoms with van der Waals surface area (Å²) in [5.74, 6) is 1.77. The highest BCUT2D eigenvalue weighted by molar-refractivity contribution is 6.74. The van der Waals surface area contributed by atoms with Crippen molar-refractivity contribution in [1.29, 1.82) is 0 Å². The molecule has 4 aromatic carbocycles. The van der Waals surface area contributed by atoms with Gasteiger partial charge in [0.25, 0.3) is 5.91 Å². The number of imidazole rings is 1. The van der Waals surface area contributed by atoms with Gasteiger partial charge in [-0.15, -0.1) is 0 Å². The molecule has 0 radical (unpaired) electrons. The number of hydrogen-bond acceptors (Lipinski definition) is 11. The van der Waals surface area contributed by atoms with Gasteiger partial charge in [-0.2, -0.15) is 0 Å². The Hall–Kier alpha value is -5.64. The Morgan fingerprint density at radius 3 is 1.95 bits per heavy atom. The van der Waals surface area contributed by atoms with Crippen LogP contribution in [0.25, 0.3) is 11.2 Å². The minimum absolute atomic E-state index is 0.0354. The summed E-state index contributed by atoms with van der Waals surface area (Å²) in [6.45, 7) is 10.4. The summed E-state index contributed by atoms with van der Waals surface area (Å²) in [7, 11) is 0.750. The average molecular weight is 818 g/mol. The van der Waals surface area contributed by atoms with Gasteiger partial charge in [-0.3, -0.25) is 9.36 Å². The highest BCUT2D eigenvalue weighted by Gasteiger charge is 2.52. The van der Waals surface area contributed by atoms with Crippen molar-refractivity contribution in [3.05, 3.63) is 139 Å². The van der Waals surface area contributed by atoms with Crippen molar-refractivity contribution in [1.82, 2.24) is 19.5 Å². The minimum atomic E-state index is -2.51. The van der Waals surface area contributed by atoms with E-state index in [1.165, 1.54) is 6.33 Å². The Bertz CT molecular complexity index is 2270. The summed E-state index contributed by atoms with van der Waals surface area (Å²) in [5.41, 5.74) is 2.13. The molecule has 1 saturated heterocycles. The number of fused-ring (bicyclic) bond motifs is 1. The van der Waals surface area contributed by atoms with Crippen LogP contribution in [0.5, 0.6) is 17.2 Å². The number of methoxy groups -OCH3 is 2. The number of benzene rings is 4. The van der Waals surface area contributed by atoms with Crippen molar-refractivity contribution in [3.63, 3.8) is 0 Å². The zero-order valence-corrected chi connectivity index (χ0v) is 35.4. The number of aromatic nitrogens is 4. The van der Waals surface area contributed by atoms with Gasteiger partial charge in [0, 0.05) is 0 Å². The van der Waals surface area contributed by atoms with Crippen molar-refractivity contribution in [2.75, 3.05) is 32.8 Å². The summed E-state index contributed by atoms with van der Waals surface area (Å²) in [5, 5.41) is 14.9. The van der Waals surface area contributed by atoms with E-state index in [1.54, 1.807) is 37.2 Å². The second-order valence-electron chi connectivity index (χ2n) is 15.9. The lowest BCUT2D eigenvalue weighted by Crippen LogP contribution is -2.49. The van der Waals surface area contributed by atoms with Crippen LogP contribution in [-0.4, -0.2) is 84.6 Å². The third-order valence-corrected chi connectivity index (χ3v) is 15.7. The number of nitrogens with zero attached hydrogens (tertiary/aromatic N) is 4. The molecule has 14 heteroatoms. The zero-order chi connectivity index (χ0) is 41.8. The first-order valence-electron chi connectivity index (χ1n) is 19.5. The van der Waals surface area contributed by atoms with E-state index in [1.807, 2.05) is 97.1 Å². The van der Waals surface area contributed by atoms with Gasteiger partial charge in [0.1, 0.15) is 47.5 Å². The molecule has 59 heavy (non-hydrogen) atoms. The molecule has 3 heterocycles. The van der Waals surface area contributed by atoms with Gasteiger partial charge in [0.15, 0.2) is 38.1 Å². The van der Waals surface area contributed by atoms with E-state index < -0.39 is 44.4 Å². The lowest BCUT2D eigenvalue weighted by atomic mass is 9.80. The number of ether oxygens (including phenoxy) is 5. The Morgan fingerprint density at radius 2 is 1.37 bits per heavy atom. The molecule has 7 rings (SSSR count). The standard InChI is InChI=1S/C45H51N5O8Si/c1-44(2,3)59(6,7)58-40-39(52)36(57-43(40)50-29-48-38-41(46-28-47-42(38)50)49-37(51)27-55-35-16-12-9-13-17-35)26-56-45(30-14-10-8-11-15-30,31-18-22-33(53-4)23-19-31)32-20-24-34(54-5)25-21-32/h8-25,28-29,36,39-40,43,52H,26-27H2,1-7H3,(H,46,47,49,51)/t36-,39-,40-,43-/m1/s1. The molecule has 0 saturated carbocycles. The fraction of sp³-hybridized carbons (Fsp3) is 0.333. The molecule has 1 aliphatic heterocycles. The molecule has 13 nitrogen and oxygen atoms in total. The number of carbonyl (C=O) groups is 1. The largest absolute Gasteiger partial charge is 0.497 e. The van der Waals surface area contributed by atoms with Crippen molar-refractivity contribution in [2.45, 2.75) is 69.0 Å². The first-order valence-corrected chi connectivity index (χ1v) is 22.4. The minimum Gasteiger partial charge on any atom is -0.497 e. The number of rotatable bonds is 15. The highest BCUT2D eigenvalue weighted by Crippen LogP contribution is 2.45. The van der Waals surface area contributed by atoms with Gasteiger partial charge in [-0.25, -0.2) is 15.0 Å². The Morgan fingerprint density at radius 1 is 0.797 bits per heavy atom. The van der Waals surface area contributed by atoms with E-state index in [-0.39, 0.29) is 24.1 Å². The maximum Gasteiger partial charge on any atom is 0.263 e. The van der Waals surface area contributed by atoms with Crippen LogP contribution >= 0.6 is 0 Å². The molecule has 0 unspecified atom stereocenters. The van der Waals surface area contributed by atoms with Crippen LogP contribution in [0.3, 0.4) is 0 Å². The molecule has 308 valence electrons. The van der Waals surface area contributed by atoms with Gasteiger partial charge in [0.2, 0.25) is 0 Å². The number of aliphatic hydroxyl groups excluding tert-OH is 1. The summed E-state index contributed by atoms with van der Waals surface area (Å²) < 4.78 is 39.4. The summed E-state index contributed by atoms with van der Waals surface area (Å²) in [6.07, 6.45) is -0.762. The quantitative estimate of drug-likeness (QED) is 0.0784. The van der Waals surface area contributed by atoms with Crippen LogP contribution in [-0.2, 0) is 24.3 Å². The molecule has 1 amide bonds. The van der Waals surface area contributed by atoms with Crippen molar-refractivity contribution < 1.29 is 38.0 Å². The Kier molecular flexibility index (Phi) is 12.2. The topological polar surface area (TPSA) is 148 Å². The average Bonchev–Trinajstić information content (AvgIpc) is 3.81. The second-order valence-corrected chi connectivity index (χ2v) is 20.7. The van der Waals surface area contributed by atoms with Gasteiger partial charge >= 0.3 is 0 Å². The number of anilines is 1. The smallest absolute Gasteiger partial charge is 0.263 e. The predicted molar refractivity (Wildman–Crippen MR) is 226 cm³/mol. The fourth-order valence-corrected chi connectivity index (χ4v) is 8.26. The highest BCUT2D eigenvalue weighted by atomic mass is 28.4. The lowest BCUT2D eigenvalue weighted by Gasteiger charge is -2.40. The first-order chi connectivity index (χ1) is 28.3. The van der Waals surface area contributed by atoms with E-state index in [2.05, 4.69) is 54.1 Å². The summed E-state index contributed by atoms with van der Waals surface area (Å²) in [6, 6.07) is 34.6. The molecule has 0 bridgehead atoms. The van der Waals surface area contributed by atoms with Crippen molar-refractivity contribution in [3.8, 4) is 17.2 Å². The third-order valence-electron chi connectivity index (χ3n) is 11.2. The van der Waals surface area contributed by atoms with Crippen molar-refractivity contribution in [2.24, 2.45) is 0 Å². The SMILES string of the molecule is COc1ccc(C(OC[C@H]2O[C@@H](n3cnc4c(NC(=O)COc5ccccc5)ncnc43)[C@H](O[Si](C)(C)C(C)(C)C)[C@@H]2O)(c2ccccc2)c2ccc(OC)cc2)cc1. The number of hydrogen-bond donors (Lipinski definition) is 2. The van der Waals surface area contributed by atoms with Crippen LogP contribution in [0.4, 0.5) is 5.82 Å². The van der Waals surface area contributed by atoms with E-state index in [4.69, 9.17) is 28.1 Å². The van der Waals surface area contributed by atoms with Gasteiger partial charge in [-0.05, 0) is 71.2 Å². The van der Waals surface area contributed by atoms with Crippen LogP contribution in [0.2, 0.25) is 18.1 Å². The molecule has 2 N–H and O–H groups in total. The summed E-state index contributed by atoms with van der Waals surface area (Å²) in [4.78, 5) is 26.5. The Balaban J connectivity index is 1.24. The van der Waals surface area contributed by atoms with Crippen LogP contribution in [0.1, 0.15) is 43.7 Å². The molecule has 1 aliphatic rings. The fourth-order valence-electron chi connectivity index (χ4n) is 6.97. The van der Waals surface area contributed by atoms with Crippen LogP contribution in [0.15, 0.2) is 122 Å². The molecule has 0 aliphatic carbocycles. The van der Waals surface area contributed by atoms with E-state index in [9.17, 15) is 9.90 Å². The molecule has 1 fully saturated rings. The molecular weight excluding hydrogens is 767 g/mol. The summed E-state index contributed by atoms with van der Waals surface area (Å²) >= 11 is 0. The molecule has 2 aromatic heterocycles. The third kappa shape index (κ3) is 8.59. The van der Waals surface area contributed by atoms with Gasteiger partial charge in [-0.1, -0.05) is 93.6 Å². The molecule has 0 spiro atoms. The zero-order valence-electron chi connectivity index (χ0n) is 34.4. The Labute approximate surface area is 345 Å². The number of carbonyl (C=O) groups excluding carboxylic acids is 1. The van der Waals surface area contributed by atoms with Crippen LogP contribution < -0.4 is 19.5 Å². The maximum absolute atomic E-state index is 13.0. The predicted octanol–water partition coefficient (Wildman–Crippen LogP) is 7.52. The van der Waals surface area contributed by atoms with E-state index >= 15 is 0 Å². The lowest BCUT2D eigenvalue weighted by molar-refractivity contribution is -0.118. The monoisotopic (exact) mass is 817 g/mol. The number of aliphatic hydroxyl groups is 1. The van der Waals surface area contributed by atoms with Gasteiger partial charge < -0.3 is 38.5 Å². The second kappa shape index (κ2) is 17.3. The first kappa shape index (κ1) is 41.5. The van der Waals surface area contributed by atoms with E-state index in [0.717, 1.165) is 16.7 Å². The van der Waals surface area contributed by atoms with Gasteiger partial charge in [0.05, 0.1) is 27.2 Å². The number of amides is 1. The molecular formula is C45H51N5O8Si. The molecule has 6 aromatic rings. The normalized spacial score (nSPS) is 18.4. The van der Waals surface area contributed by atoms with E-state index in [0.29, 0.717) is 28.4 Å². The number of para-hydroxylation sites is 1. The van der Waals surface area contributed by atoms with Crippen LogP contribution in [0, 0.1) is 0 Å². The van der Waals surface area contributed by atoms with Crippen molar-refractivity contribution >= 4 is 31.2 Å². The number of nitrogens with one attached hydrogen (secondary N) is 1.